The van der Waals surface area contributed by atoms with Gasteiger partial charge in [0, 0.05) is 19.1 Å². The lowest BCUT2D eigenvalue weighted by atomic mass is 10.4. The largest absolute Gasteiger partial charge is 0.338 e. The van der Waals surface area contributed by atoms with Crippen molar-refractivity contribution >= 4 is 11.8 Å². The van der Waals surface area contributed by atoms with Crippen molar-refractivity contribution in [2.75, 3.05) is 11.9 Å². The molecule has 22 heavy (non-hydrogen) atoms. The minimum absolute atomic E-state index is 0.209. The van der Waals surface area contributed by atoms with Gasteiger partial charge in [-0.3, -0.25) is 10.00 Å². The second-order valence-corrected chi connectivity index (χ2v) is 5.34. The van der Waals surface area contributed by atoms with Crippen molar-refractivity contribution in [1.82, 2.24) is 35.1 Å². The molecular weight excluding hydrogens is 284 g/mol. The summed E-state index contributed by atoms with van der Waals surface area (Å²) >= 11 is 0. The zero-order valence-corrected chi connectivity index (χ0v) is 13.4. The molecule has 0 atom stereocenters. The maximum atomic E-state index is 11.7. The minimum Gasteiger partial charge on any atom is -0.338 e. The molecule has 0 radical (unpaired) electrons. The number of aromatic nitrogens is 6. The highest BCUT2D eigenvalue weighted by molar-refractivity contribution is 5.87. The molecule has 2 rings (SSSR count). The summed E-state index contributed by atoms with van der Waals surface area (Å²) in [7, 11) is 0. The third-order valence-electron chi connectivity index (χ3n) is 3.08. The van der Waals surface area contributed by atoms with E-state index in [2.05, 4.69) is 31.0 Å². The number of hydrogen-bond donors (Lipinski definition) is 2. The molecule has 9 nitrogen and oxygen atoms in total. The minimum atomic E-state index is -0.290. The molecule has 0 aliphatic heterocycles. The van der Waals surface area contributed by atoms with Crippen LogP contribution in [-0.2, 0) is 6.54 Å². The van der Waals surface area contributed by atoms with Crippen molar-refractivity contribution in [1.29, 1.82) is 0 Å². The number of nitrogens with one attached hydrogen (secondary N) is 2. The Balaban J connectivity index is 1.70. The number of aryl methyl sites for hydroxylation is 3. The fraction of sp³-hybridized carbons (Fsp3) is 0.615. The Kier molecular flexibility index (Phi) is 5.08. The van der Waals surface area contributed by atoms with Crippen LogP contribution in [0.2, 0.25) is 0 Å². The number of anilines is 1. The van der Waals surface area contributed by atoms with Gasteiger partial charge in [-0.25, -0.2) is 14.5 Å². The Labute approximate surface area is 129 Å². The van der Waals surface area contributed by atoms with Crippen molar-refractivity contribution in [3.05, 3.63) is 17.8 Å². The topological polar surface area (TPSA) is 103 Å². The van der Waals surface area contributed by atoms with E-state index in [0.717, 1.165) is 24.6 Å². The molecule has 0 saturated carbocycles. The molecule has 0 aliphatic carbocycles. The van der Waals surface area contributed by atoms with E-state index in [1.54, 1.807) is 10.9 Å². The lowest BCUT2D eigenvalue weighted by Crippen LogP contribution is -2.30. The predicted molar refractivity (Wildman–Crippen MR) is 81.5 cm³/mol. The number of rotatable bonds is 6. The summed E-state index contributed by atoms with van der Waals surface area (Å²) < 4.78 is 3.52. The summed E-state index contributed by atoms with van der Waals surface area (Å²) in [6.45, 7) is 9.02. The maximum Gasteiger partial charge on any atom is 0.320 e. The molecule has 2 N–H and O–H groups in total. The molecule has 2 aromatic rings. The van der Waals surface area contributed by atoms with Crippen molar-refractivity contribution in [2.45, 2.75) is 46.7 Å². The zero-order valence-electron chi connectivity index (χ0n) is 13.4. The van der Waals surface area contributed by atoms with Crippen molar-refractivity contribution in [3.63, 3.8) is 0 Å². The third-order valence-corrected chi connectivity index (χ3v) is 3.08. The second kappa shape index (κ2) is 7.01. The summed E-state index contributed by atoms with van der Waals surface area (Å²) in [5.74, 6) is 2.08. The van der Waals surface area contributed by atoms with Gasteiger partial charge in [0.1, 0.15) is 11.6 Å². The van der Waals surface area contributed by atoms with E-state index in [0.29, 0.717) is 12.4 Å². The normalized spacial score (nSPS) is 11.0. The van der Waals surface area contributed by atoms with Gasteiger partial charge in [0.25, 0.3) is 0 Å². The SMILES string of the molecule is Cc1nc(C)n(CCCNC(=O)Nc2cn(C(C)C)nn2)n1. The molecule has 0 spiro atoms. The van der Waals surface area contributed by atoms with Crippen LogP contribution in [-0.4, -0.2) is 42.3 Å². The van der Waals surface area contributed by atoms with Gasteiger partial charge < -0.3 is 5.32 Å². The summed E-state index contributed by atoms with van der Waals surface area (Å²) in [5.41, 5.74) is 0. The first-order valence-corrected chi connectivity index (χ1v) is 7.30. The summed E-state index contributed by atoms with van der Waals surface area (Å²) in [6.07, 6.45) is 2.47. The summed E-state index contributed by atoms with van der Waals surface area (Å²) in [4.78, 5) is 16.0. The van der Waals surface area contributed by atoms with Crippen LogP contribution in [0, 0.1) is 13.8 Å². The van der Waals surface area contributed by atoms with Gasteiger partial charge in [-0.15, -0.1) is 5.10 Å². The van der Waals surface area contributed by atoms with Crippen LogP contribution in [0.3, 0.4) is 0 Å². The Morgan fingerprint density at radius 2 is 2.14 bits per heavy atom. The Morgan fingerprint density at radius 3 is 2.73 bits per heavy atom. The number of urea groups is 1. The highest BCUT2D eigenvalue weighted by Gasteiger charge is 2.07. The first-order chi connectivity index (χ1) is 10.5. The van der Waals surface area contributed by atoms with E-state index in [-0.39, 0.29) is 12.1 Å². The molecular formula is C13H22N8O. The number of carbonyl (C=O) groups is 1. The van der Waals surface area contributed by atoms with Crippen LogP contribution in [0.25, 0.3) is 0 Å². The highest BCUT2D eigenvalue weighted by atomic mass is 16.2. The fourth-order valence-corrected chi connectivity index (χ4v) is 1.95. The Morgan fingerprint density at radius 1 is 1.36 bits per heavy atom. The van der Waals surface area contributed by atoms with Crippen LogP contribution in [0.15, 0.2) is 6.20 Å². The highest BCUT2D eigenvalue weighted by Crippen LogP contribution is 2.06. The van der Waals surface area contributed by atoms with E-state index >= 15 is 0 Å². The van der Waals surface area contributed by atoms with Crippen molar-refractivity contribution < 1.29 is 4.79 Å². The van der Waals surface area contributed by atoms with Gasteiger partial charge in [0.2, 0.25) is 0 Å². The van der Waals surface area contributed by atoms with Gasteiger partial charge in [-0.1, -0.05) is 5.21 Å². The van der Waals surface area contributed by atoms with Crippen LogP contribution in [0.1, 0.15) is 38.0 Å². The molecule has 0 saturated heterocycles. The fourth-order valence-electron chi connectivity index (χ4n) is 1.95. The third kappa shape index (κ3) is 4.27. The van der Waals surface area contributed by atoms with Gasteiger partial charge in [0.15, 0.2) is 5.82 Å². The molecule has 0 aliphatic rings. The molecule has 2 heterocycles. The van der Waals surface area contributed by atoms with Gasteiger partial charge >= 0.3 is 6.03 Å². The monoisotopic (exact) mass is 306 g/mol. The first kappa shape index (κ1) is 15.9. The molecule has 2 aromatic heterocycles. The molecule has 0 fully saturated rings. The van der Waals surface area contributed by atoms with E-state index in [9.17, 15) is 4.79 Å². The van der Waals surface area contributed by atoms with Crippen LogP contribution >= 0.6 is 0 Å². The summed E-state index contributed by atoms with van der Waals surface area (Å²) in [5, 5.41) is 17.5. The van der Waals surface area contributed by atoms with Crippen molar-refractivity contribution in [2.24, 2.45) is 0 Å². The van der Waals surface area contributed by atoms with Gasteiger partial charge in [0.05, 0.1) is 6.20 Å². The number of hydrogen-bond acceptors (Lipinski definition) is 5. The van der Waals surface area contributed by atoms with Crippen LogP contribution < -0.4 is 10.6 Å². The quantitative estimate of drug-likeness (QED) is 0.783. The van der Waals surface area contributed by atoms with Crippen LogP contribution in [0.5, 0.6) is 0 Å². The number of carbonyl (C=O) groups excluding carboxylic acids is 1. The van der Waals surface area contributed by atoms with E-state index in [1.807, 2.05) is 32.4 Å². The van der Waals surface area contributed by atoms with Crippen molar-refractivity contribution in [3.8, 4) is 0 Å². The lowest BCUT2D eigenvalue weighted by molar-refractivity contribution is 0.251. The second-order valence-electron chi connectivity index (χ2n) is 5.34. The van der Waals surface area contributed by atoms with E-state index in [4.69, 9.17) is 0 Å². The maximum absolute atomic E-state index is 11.7. The van der Waals surface area contributed by atoms with Crippen LogP contribution in [0.4, 0.5) is 10.6 Å². The molecule has 120 valence electrons. The zero-order chi connectivity index (χ0) is 16.1. The molecule has 0 aromatic carbocycles. The standard InChI is InChI=1S/C13H22N8O/c1-9(2)21-8-12(17-19-21)16-13(22)14-6-5-7-20-11(4)15-10(3)18-20/h8-9H,5-7H2,1-4H3,(H2,14,16,22). The van der Waals surface area contributed by atoms with Gasteiger partial charge in [-0.05, 0) is 34.1 Å². The molecule has 9 heteroatoms. The molecule has 2 amide bonds. The molecule has 0 unspecified atom stereocenters. The van der Waals surface area contributed by atoms with E-state index in [1.165, 1.54) is 0 Å². The molecule has 0 bridgehead atoms. The predicted octanol–water partition coefficient (Wildman–Crippen LogP) is 1.28. The lowest BCUT2D eigenvalue weighted by Gasteiger charge is -2.06. The average Bonchev–Trinajstić information content (AvgIpc) is 3.02. The smallest absolute Gasteiger partial charge is 0.320 e. The first-order valence-electron chi connectivity index (χ1n) is 7.30. The summed E-state index contributed by atoms with van der Waals surface area (Å²) in [6, 6.07) is -0.0808. The Bertz CT molecular complexity index is 630. The Hall–Kier alpha value is -2.45. The van der Waals surface area contributed by atoms with Gasteiger partial charge in [-0.2, -0.15) is 5.10 Å². The number of amides is 2. The number of nitrogens with zero attached hydrogens (tertiary/aromatic N) is 6. The van der Waals surface area contributed by atoms with E-state index < -0.39 is 0 Å². The average molecular weight is 306 g/mol.